The molecule has 0 aliphatic heterocycles. The first kappa shape index (κ1) is 16.2. The van der Waals surface area contributed by atoms with Crippen molar-refractivity contribution >= 4 is 39.0 Å². The van der Waals surface area contributed by atoms with Crippen LogP contribution in [0.5, 0.6) is 0 Å². The minimum Gasteiger partial charge on any atom is -0.340 e. The lowest BCUT2D eigenvalue weighted by Gasteiger charge is -2.10. The number of aromatic nitrogens is 1. The quantitative estimate of drug-likeness (QED) is 0.656. The normalized spacial score (nSPS) is 10.2. The lowest BCUT2D eigenvalue weighted by atomic mass is 10.2. The molecule has 0 saturated heterocycles. The predicted molar refractivity (Wildman–Crippen MR) is 101 cm³/mol. The molecule has 0 aliphatic carbocycles. The van der Waals surface area contributed by atoms with Crippen LogP contribution in [-0.4, -0.2) is 10.9 Å². The summed E-state index contributed by atoms with van der Waals surface area (Å²) in [5, 5.41) is 6.08. The second-order valence-corrected chi connectivity index (χ2v) is 6.21. The van der Waals surface area contributed by atoms with Gasteiger partial charge in [-0.1, -0.05) is 24.3 Å². The molecule has 1 heterocycles. The summed E-state index contributed by atoms with van der Waals surface area (Å²) < 4.78 is 0.854. The zero-order valence-corrected chi connectivity index (χ0v) is 14.7. The highest BCUT2D eigenvalue weighted by molar-refractivity contribution is 9.10. The van der Waals surface area contributed by atoms with E-state index < -0.39 is 0 Å². The van der Waals surface area contributed by atoms with Gasteiger partial charge in [0.05, 0.1) is 5.69 Å². The van der Waals surface area contributed by atoms with Crippen molar-refractivity contribution < 1.29 is 4.79 Å². The molecule has 0 aliphatic rings. The number of hydrogen-bond donors (Lipinski definition) is 2. The smallest absolute Gasteiger partial charge is 0.255 e. The topological polar surface area (TPSA) is 54.0 Å². The second kappa shape index (κ2) is 7.27. The van der Waals surface area contributed by atoms with E-state index in [2.05, 4.69) is 31.5 Å². The highest BCUT2D eigenvalue weighted by Gasteiger charge is 2.09. The Labute approximate surface area is 149 Å². The van der Waals surface area contributed by atoms with Gasteiger partial charge in [0, 0.05) is 21.9 Å². The van der Waals surface area contributed by atoms with Gasteiger partial charge in [-0.2, -0.15) is 0 Å². The van der Waals surface area contributed by atoms with Crippen molar-refractivity contribution in [2.45, 2.75) is 6.92 Å². The Morgan fingerprint density at radius 3 is 2.58 bits per heavy atom. The number of nitrogens with one attached hydrogen (secondary N) is 2. The molecule has 24 heavy (non-hydrogen) atoms. The Morgan fingerprint density at radius 1 is 1.04 bits per heavy atom. The number of nitrogens with zero attached hydrogens (tertiary/aromatic N) is 1. The first-order valence-corrected chi connectivity index (χ1v) is 8.27. The number of anilines is 3. The van der Waals surface area contributed by atoms with E-state index in [1.165, 1.54) is 0 Å². The number of rotatable bonds is 4. The van der Waals surface area contributed by atoms with Crippen LogP contribution >= 0.6 is 15.9 Å². The summed E-state index contributed by atoms with van der Waals surface area (Å²) in [6.45, 7) is 2.00. The van der Waals surface area contributed by atoms with E-state index in [4.69, 9.17) is 0 Å². The summed E-state index contributed by atoms with van der Waals surface area (Å²) in [6.07, 6.45) is 1.62. The van der Waals surface area contributed by atoms with Gasteiger partial charge in [-0.05, 0) is 64.8 Å². The largest absolute Gasteiger partial charge is 0.340 e. The van der Waals surface area contributed by atoms with E-state index >= 15 is 0 Å². The van der Waals surface area contributed by atoms with Gasteiger partial charge in [-0.3, -0.25) is 4.79 Å². The fourth-order valence-electron chi connectivity index (χ4n) is 2.23. The maximum absolute atomic E-state index is 12.5. The summed E-state index contributed by atoms with van der Waals surface area (Å²) in [7, 11) is 0. The molecule has 0 atom stereocenters. The van der Waals surface area contributed by atoms with Crippen LogP contribution < -0.4 is 10.6 Å². The molecule has 1 amide bonds. The number of pyridine rings is 1. The Kier molecular flexibility index (Phi) is 4.91. The van der Waals surface area contributed by atoms with E-state index in [0.29, 0.717) is 11.4 Å². The molecule has 5 heteroatoms. The third kappa shape index (κ3) is 4.00. The van der Waals surface area contributed by atoms with E-state index in [1.807, 2.05) is 55.5 Å². The third-order valence-electron chi connectivity index (χ3n) is 3.44. The van der Waals surface area contributed by atoms with Crippen molar-refractivity contribution in [2.24, 2.45) is 0 Å². The average Bonchev–Trinajstić information content (AvgIpc) is 2.58. The van der Waals surface area contributed by atoms with Crippen molar-refractivity contribution in [2.75, 3.05) is 10.6 Å². The summed E-state index contributed by atoms with van der Waals surface area (Å²) in [6, 6.07) is 18.9. The standard InChI is InChI=1S/C19H16BrN3O/c1-13-7-8-17(16(20)11-13)23-19(24)14-9-10-21-18(12-14)22-15-5-3-2-4-6-15/h2-12H,1H3,(H,21,22)(H,23,24). The maximum atomic E-state index is 12.5. The maximum Gasteiger partial charge on any atom is 0.255 e. The SMILES string of the molecule is Cc1ccc(NC(=O)c2ccnc(Nc3ccccc3)c2)c(Br)c1. The molecular weight excluding hydrogens is 366 g/mol. The first-order valence-electron chi connectivity index (χ1n) is 7.47. The molecule has 120 valence electrons. The molecule has 3 aromatic rings. The molecule has 4 nitrogen and oxygen atoms in total. The van der Waals surface area contributed by atoms with Crippen LogP contribution in [0, 0.1) is 6.92 Å². The average molecular weight is 382 g/mol. The molecule has 0 spiro atoms. The van der Waals surface area contributed by atoms with Gasteiger partial charge in [0.2, 0.25) is 0 Å². The van der Waals surface area contributed by atoms with Crippen LogP contribution in [0.1, 0.15) is 15.9 Å². The minimum atomic E-state index is -0.182. The van der Waals surface area contributed by atoms with Crippen LogP contribution in [0.4, 0.5) is 17.2 Å². The van der Waals surface area contributed by atoms with Crippen LogP contribution in [0.25, 0.3) is 0 Å². The van der Waals surface area contributed by atoms with Crippen LogP contribution in [0.2, 0.25) is 0 Å². The Balaban J connectivity index is 1.77. The number of carbonyl (C=O) groups is 1. The highest BCUT2D eigenvalue weighted by Crippen LogP contribution is 2.24. The van der Waals surface area contributed by atoms with Gasteiger partial charge in [-0.25, -0.2) is 4.98 Å². The Morgan fingerprint density at radius 2 is 1.83 bits per heavy atom. The fourth-order valence-corrected chi connectivity index (χ4v) is 2.82. The molecule has 3 rings (SSSR count). The zero-order chi connectivity index (χ0) is 16.9. The number of aryl methyl sites for hydroxylation is 1. The predicted octanol–water partition coefficient (Wildman–Crippen LogP) is 5.15. The summed E-state index contributed by atoms with van der Waals surface area (Å²) in [5.41, 5.74) is 3.32. The summed E-state index contributed by atoms with van der Waals surface area (Å²) in [4.78, 5) is 16.7. The fraction of sp³-hybridized carbons (Fsp3) is 0.0526. The summed E-state index contributed by atoms with van der Waals surface area (Å²) in [5.74, 6) is 0.440. The van der Waals surface area contributed by atoms with E-state index in [9.17, 15) is 4.79 Å². The lowest BCUT2D eigenvalue weighted by molar-refractivity contribution is 0.102. The zero-order valence-electron chi connectivity index (χ0n) is 13.1. The van der Waals surface area contributed by atoms with Crippen LogP contribution in [0.15, 0.2) is 71.3 Å². The monoisotopic (exact) mass is 381 g/mol. The molecule has 0 bridgehead atoms. The van der Waals surface area contributed by atoms with E-state index in [-0.39, 0.29) is 5.91 Å². The Bertz CT molecular complexity index is 865. The van der Waals surface area contributed by atoms with Gasteiger partial charge in [0.15, 0.2) is 0 Å². The van der Waals surface area contributed by atoms with Crippen molar-refractivity contribution in [1.82, 2.24) is 4.98 Å². The second-order valence-electron chi connectivity index (χ2n) is 5.36. The van der Waals surface area contributed by atoms with Gasteiger partial charge in [0.25, 0.3) is 5.91 Å². The number of amides is 1. The number of halogens is 1. The van der Waals surface area contributed by atoms with Crippen molar-refractivity contribution in [3.63, 3.8) is 0 Å². The molecule has 0 unspecified atom stereocenters. The van der Waals surface area contributed by atoms with Gasteiger partial charge in [-0.15, -0.1) is 0 Å². The molecule has 0 radical (unpaired) electrons. The van der Waals surface area contributed by atoms with Crippen molar-refractivity contribution in [3.8, 4) is 0 Å². The number of hydrogen-bond acceptors (Lipinski definition) is 3. The van der Waals surface area contributed by atoms with Crippen LogP contribution in [-0.2, 0) is 0 Å². The lowest BCUT2D eigenvalue weighted by Crippen LogP contribution is -2.12. The van der Waals surface area contributed by atoms with Crippen molar-refractivity contribution in [1.29, 1.82) is 0 Å². The van der Waals surface area contributed by atoms with E-state index in [0.717, 1.165) is 21.4 Å². The number of carbonyl (C=O) groups excluding carboxylic acids is 1. The summed E-state index contributed by atoms with van der Waals surface area (Å²) >= 11 is 3.47. The number of para-hydroxylation sites is 1. The molecule has 0 saturated carbocycles. The van der Waals surface area contributed by atoms with Gasteiger partial charge >= 0.3 is 0 Å². The molecule has 0 fully saturated rings. The first-order chi connectivity index (χ1) is 11.6. The highest BCUT2D eigenvalue weighted by atomic mass is 79.9. The minimum absolute atomic E-state index is 0.182. The molecule has 1 aromatic heterocycles. The van der Waals surface area contributed by atoms with Crippen molar-refractivity contribution in [3.05, 3.63) is 82.5 Å². The Hall–Kier alpha value is -2.66. The molecule has 2 N–H and O–H groups in total. The molecule has 2 aromatic carbocycles. The number of benzene rings is 2. The van der Waals surface area contributed by atoms with E-state index in [1.54, 1.807) is 18.3 Å². The molecular formula is C19H16BrN3O. The van der Waals surface area contributed by atoms with Gasteiger partial charge < -0.3 is 10.6 Å². The van der Waals surface area contributed by atoms with Crippen LogP contribution in [0.3, 0.4) is 0 Å². The van der Waals surface area contributed by atoms with Gasteiger partial charge in [0.1, 0.15) is 5.82 Å². The third-order valence-corrected chi connectivity index (χ3v) is 4.10.